The fraction of sp³-hybridized carbons (Fsp3) is 0. The van der Waals surface area contributed by atoms with Gasteiger partial charge in [0.1, 0.15) is 0 Å². The topological polar surface area (TPSA) is 38.7 Å². The molecular weight excluding hydrogens is 102 g/mol. The van der Waals surface area contributed by atoms with Gasteiger partial charge in [0.25, 0.3) is 0 Å². The van der Waals surface area contributed by atoms with Crippen LogP contribution in [0.2, 0.25) is 0 Å². The Morgan fingerprint density at radius 3 is 2.62 bits per heavy atom. The standard InChI is InChI=1S/B5H3O3/c1-7-8-5-3-2-4-6/h6H,1H2. The van der Waals surface area contributed by atoms with Crippen molar-refractivity contribution < 1.29 is 14.6 Å². The summed E-state index contributed by atoms with van der Waals surface area (Å²) in [5, 5.41) is 8.04. The molecule has 0 spiro atoms. The van der Waals surface area contributed by atoms with E-state index < -0.39 is 0 Å². The van der Waals surface area contributed by atoms with E-state index in [0.717, 1.165) is 7.00 Å². The summed E-state index contributed by atoms with van der Waals surface area (Å²) in [7, 11) is 3.59. The quantitative estimate of drug-likeness (QED) is 0.234. The summed E-state index contributed by atoms with van der Waals surface area (Å²) in [6, 6.07) is 0. The summed E-state index contributed by atoms with van der Waals surface area (Å²) in [5.74, 6) is 0. The van der Waals surface area contributed by atoms with Crippen molar-refractivity contribution in [2.75, 3.05) is 0 Å². The predicted molar refractivity (Wildman–Crippen MR) is 35.9 cm³/mol. The van der Waals surface area contributed by atoms with Crippen LogP contribution in [0.3, 0.4) is 0 Å². The molecule has 0 atom stereocenters. The third-order valence-electron chi connectivity index (χ3n) is 0.428. The SMILES string of the molecule is BOOB=BB=BO. The minimum atomic E-state index is 0.898. The fourth-order valence-corrected chi connectivity index (χ4v) is 0.183. The summed E-state index contributed by atoms with van der Waals surface area (Å²) >= 11 is 0. The Labute approximate surface area is 51.0 Å². The van der Waals surface area contributed by atoms with Crippen molar-refractivity contribution in [1.29, 1.82) is 0 Å². The number of hydrogen-bond acceptors (Lipinski definition) is 3. The van der Waals surface area contributed by atoms with Gasteiger partial charge in [0.2, 0.25) is 0 Å². The molecule has 0 fully saturated rings. The van der Waals surface area contributed by atoms with Gasteiger partial charge in [-0.1, -0.05) is 0 Å². The van der Waals surface area contributed by atoms with Crippen molar-refractivity contribution in [2.24, 2.45) is 0 Å². The molecule has 0 radical (unpaired) electrons. The molecule has 0 aliphatic rings. The molecule has 0 aliphatic heterocycles. The van der Waals surface area contributed by atoms with Crippen LogP contribution >= 0.6 is 0 Å². The molecule has 3 nitrogen and oxygen atoms in total. The molecule has 0 rings (SSSR count). The molecule has 1 N–H and O–H groups in total. The van der Waals surface area contributed by atoms with Gasteiger partial charge < -0.3 is 0 Å². The molecule has 0 amide bonds. The minimum absolute atomic E-state index is 0.898. The van der Waals surface area contributed by atoms with Crippen molar-refractivity contribution >= 4 is 35.4 Å². The maximum atomic E-state index is 8.04. The van der Waals surface area contributed by atoms with E-state index in [0.29, 0.717) is 0 Å². The average Bonchev–Trinajstić information content (AvgIpc) is 1.81. The summed E-state index contributed by atoms with van der Waals surface area (Å²) in [5.41, 5.74) is 0. The second kappa shape index (κ2) is 6.88. The third kappa shape index (κ3) is 5.88. The molecule has 0 bridgehead atoms. The van der Waals surface area contributed by atoms with Gasteiger partial charge in [-0.2, -0.15) is 0 Å². The van der Waals surface area contributed by atoms with Gasteiger partial charge in [0, 0.05) is 0 Å². The first-order valence-corrected chi connectivity index (χ1v) is 2.07. The Morgan fingerprint density at radius 1 is 1.38 bits per heavy atom. The molecular formula is H3B5O3. The second-order valence-electron chi connectivity index (χ2n) is 0.933. The first-order chi connectivity index (χ1) is 3.91. The Bertz CT molecular complexity index is 85.7. The van der Waals surface area contributed by atoms with Crippen LogP contribution in [0.5, 0.6) is 0 Å². The molecule has 0 saturated heterocycles. The zero-order valence-corrected chi connectivity index (χ0v) is 4.57. The van der Waals surface area contributed by atoms with Crippen LogP contribution in [0, 0.1) is 0 Å². The van der Waals surface area contributed by atoms with Crippen LogP contribution < -0.4 is 0 Å². The molecule has 0 aliphatic carbocycles. The van der Waals surface area contributed by atoms with Gasteiger partial charge in [0.05, 0.1) is 0 Å². The molecule has 8 heavy (non-hydrogen) atoms. The number of hydrogen-bond donors (Lipinski definition) is 1. The van der Waals surface area contributed by atoms with Crippen molar-refractivity contribution in [3.8, 4) is 0 Å². The van der Waals surface area contributed by atoms with E-state index in [2.05, 4.69) is 9.61 Å². The predicted octanol–water partition coefficient (Wildman–Crippen LogP) is -3.13. The van der Waals surface area contributed by atoms with Gasteiger partial charge >= 0.3 is 50.1 Å². The van der Waals surface area contributed by atoms with E-state index in [1.807, 2.05) is 0 Å². The van der Waals surface area contributed by atoms with Crippen LogP contribution in [-0.2, 0) is 9.61 Å². The Balaban J connectivity index is 3.07. The molecule has 0 aromatic carbocycles. The summed E-state index contributed by atoms with van der Waals surface area (Å²) in [6.45, 7) is 2.89. The first kappa shape index (κ1) is 7.88. The molecule has 0 saturated carbocycles. The Hall–Kier alpha value is -0.115. The monoisotopic (exact) mass is 106 g/mol. The van der Waals surface area contributed by atoms with E-state index in [1.165, 1.54) is 28.4 Å². The van der Waals surface area contributed by atoms with Crippen LogP contribution in [0.25, 0.3) is 0 Å². The third-order valence-corrected chi connectivity index (χ3v) is 0.428. The Kier molecular flexibility index (Phi) is 6.79. The van der Waals surface area contributed by atoms with Gasteiger partial charge in [0.15, 0.2) is 0 Å². The van der Waals surface area contributed by atoms with Gasteiger partial charge in [-0.3, -0.25) is 0 Å². The first-order valence-electron chi connectivity index (χ1n) is 2.07. The molecule has 36 valence electrons. The van der Waals surface area contributed by atoms with E-state index in [1.54, 1.807) is 0 Å². The zero-order chi connectivity index (χ0) is 6.24. The summed E-state index contributed by atoms with van der Waals surface area (Å²) in [6.07, 6.45) is 0. The van der Waals surface area contributed by atoms with Crippen molar-refractivity contribution in [3.05, 3.63) is 0 Å². The van der Waals surface area contributed by atoms with E-state index in [-0.39, 0.29) is 0 Å². The molecule has 0 aromatic rings. The fourth-order valence-electron chi connectivity index (χ4n) is 0.183. The Morgan fingerprint density at radius 2 is 2.12 bits per heavy atom. The van der Waals surface area contributed by atoms with Crippen molar-refractivity contribution in [2.45, 2.75) is 0 Å². The van der Waals surface area contributed by atoms with Crippen LogP contribution in [-0.4, -0.2) is 40.5 Å². The van der Waals surface area contributed by atoms with Crippen molar-refractivity contribution in [1.82, 2.24) is 0 Å². The molecule has 0 aromatic heterocycles. The molecule has 8 heteroatoms. The van der Waals surface area contributed by atoms with Gasteiger partial charge in [-0.05, 0) is 0 Å². The maximum absolute atomic E-state index is 8.04. The molecule has 0 heterocycles. The zero-order valence-electron chi connectivity index (χ0n) is 4.57. The van der Waals surface area contributed by atoms with E-state index >= 15 is 0 Å². The van der Waals surface area contributed by atoms with E-state index in [9.17, 15) is 0 Å². The summed E-state index contributed by atoms with van der Waals surface area (Å²) in [4.78, 5) is 8.48. The average molecular weight is 105 g/mol. The number of rotatable bonds is 3. The van der Waals surface area contributed by atoms with Crippen LogP contribution in [0.15, 0.2) is 0 Å². The van der Waals surface area contributed by atoms with Crippen LogP contribution in [0.1, 0.15) is 0 Å². The summed E-state index contributed by atoms with van der Waals surface area (Å²) < 4.78 is 0. The molecule has 0 unspecified atom stereocenters. The second-order valence-corrected chi connectivity index (χ2v) is 0.933. The van der Waals surface area contributed by atoms with E-state index in [4.69, 9.17) is 5.02 Å². The normalized spacial score (nSPS) is 7.00. The van der Waals surface area contributed by atoms with Crippen LogP contribution in [0.4, 0.5) is 0 Å². The van der Waals surface area contributed by atoms with Crippen molar-refractivity contribution in [3.63, 3.8) is 0 Å². The van der Waals surface area contributed by atoms with Gasteiger partial charge in [-0.25, -0.2) is 0 Å². The van der Waals surface area contributed by atoms with Gasteiger partial charge in [-0.15, -0.1) is 0 Å².